The summed E-state index contributed by atoms with van der Waals surface area (Å²) in [6, 6.07) is 2.09. The molecule has 0 amide bonds. The van der Waals surface area contributed by atoms with Gasteiger partial charge in [0, 0.05) is 10.9 Å². The van der Waals surface area contributed by atoms with Gasteiger partial charge in [0.15, 0.2) is 11.6 Å². The lowest BCUT2D eigenvalue weighted by atomic mass is 10.1. The van der Waals surface area contributed by atoms with Crippen molar-refractivity contribution >= 4 is 21.9 Å². The Morgan fingerprint density at radius 2 is 2.14 bits per heavy atom. The van der Waals surface area contributed by atoms with E-state index in [2.05, 4.69) is 20.7 Å². The summed E-state index contributed by atoms with van der Waals surface area (Å²) in [4.78, 5) is 11.1. The molecule has 0 aliphatic carbocycles. The standard InChI is InChI=1S/C9H7BrF2O2/c1-14-9(13)5-2-3-7(11)8(12)6(5)4-10/h2-3H,4H2,1H3. The van der Waals surface area contributed by atoms with Crippen molar-refractivity contribution in [3.8, 4) is 0 Å². The minimum absolute atomic E-state index is 0.0307. The Morgan fingerprint density at radius 3 is 2.64 bits per heavy atom. The largest absolute Gasteiger partial charge is 0.465 e. The lowest BCUT2D eigenvalue weighted by Gasteiger charge is -2.06. The summed E-state index contributed by atoms with van der Waals surface area (Å²) in [5.74, 6) is -2.68. The third kappa shape index (κ3) is 1.92. The molecule has 76 valence electrons. The molecule has 0 fully saturated rings. The second-order valence-electron chi connectivity index (χ2n) is 2.51. The number of methoxy groups -OCH3 is 1. The van der Waals surface area contributed by atoms with E-state index in [1.165, 1.54) is 13.2 Å². The van der Waals surface area contributed by atoms with Crippen molar-refractivity contribution in [1.82, 2.24) is 0 Å². The van der Waals surface area contributed by atoms with E-state index >= 15 is 0 Å². The first-order valence-corrected chi connectivity index (χ1v) is 4.85. The van der Waals surface area contributed by atoms with E-state index in [0.29, 0.717) is 0 Å². The molecule has 0 spiro atoms. The van der Waals surface area contributed by atoms with Crippen molar-refractivity contribution < 1.29 is 18.3 Å². The van der Waals surface area contributed by atoms with Crippen LogP contribution >= 0.6 is 15.9 Å². The van der Waals surface area contributed by atoms with Crippen LogP contribution in [-0.2, 0) is 10.1 Å². The van der Waals surface area contributed by atoms with Crippen molar-refractivity contribution in [2.45, 2.75) is 5.33 Å². The van der Waals surface area contributed by atoms with Crippen LogP contribution < -0.4 is 0 Å². The minimum Gasteiger partial charge on any atom is -0.465 e. The third-order valence-electron chi connectivity index (χ3n) is 1.74. The van der Waals surface area contributed by atoms with Crippen LogP contribution in [0.1, 0.15) is 15.9 Å². The Hall–Kier alpha value is -0.970. The first-order chi connectivity index (χ1) is 6.61. The molecule has 0 saturated heterocycles. The number of hydrogen-bond donors (Lipinski definition) is 0. The molecular formula is C9H7BrF2O2. The number of esters is 1. The number of halogens is 3. The fourth-order valence-electron chi connectivity index (χ4n) is 1.02. The molecule has 0 radical (unpaired) electrons. The van der Waals surface area contributed by atoms with Crippen LogP contribution in [0.3, 0.4) is 0 Å². The van der Waals surface area contributed by atoms with Gasteiger partial charge in [0.2, 0.25) is 0 Å². The predicted octanol–water partition coefficient (Wildman–Crippen LogP) is 2.65. The summed E-state index contributed by atoms with van der Waals surface area (Å²) in [7, 11) is 1.18. The number of alkyl halides is 1. The van der Waals surface area contributed by atoms with Gasteiger partial charge in [-0.05, 0) is 12.1 Å². The molecule has 1 rings (SSSR count). The summed E-state index contributed by atoms with van der Waals surface area (Å²) in [5.41, 5.74) is 0.000116. The highest BCUT2D eigenvalue weighted by Crippen LogP contribution is 2.20. The molecule has 0 heterocycles. The molecule has 0 atom stereocenters. The van der Waals surface area contributed by atoms with Crippen molar-refractivity contribution in [2.75, 3.05) is 7.11 Å². The van der Waals surface area contributed by atoms with Crippen LogP contribution in [0, 0.1) is 11.6 Å². The van der Waals surface area contributed by atoms with Gasteiger partial charge in [0.1, 0.15) is 0 Å². The van der Waals surface area contributed by atoms with Crippen molar-refractivity contribution in [3.05, 3.63) is 34.9 Å². The number of rotatable bonds is 2. The van der Waals surface area contributed by atoms with Gasteiger partial charge in [-0.2, -0.15) is 0 Å². The SMILES string of the molecule is COC(=O)c1ccc(F)c(F)c1CBr. The zero-order chi connectivity index (χ0) is 10.7. The Balaban J connectivity index is 3.31. The maximum Gasteiger partial charge on any atom is 0.338 e. The summed E-state index contributed by atoms with van der Waals surface area (Å²) < 4.78 is 30.3. The molecule has 0 aliphatic heterocycles. The zero-order valence-electron chi connectivity index (χ0n) is 7.31. The molecule has 5 heteroatoms. The molecule has 0 saturated carbocycles. The molecule has 2 nitrogen and oxygen atoms in total. The van der Waals surface area contributed by atoms with Gasteiger partial charge in [-0.1, -0.05) is 15.9 Å². The molecule has 1 aromatic rings. The van der Waals surface area contributed by atoms with Gasteiger partial charge in [-0.3, -0.25) is 0 Å². The monoisotopic (exact) mass is 264 g/mol. The first-order valence-electron chi connectivity index (χ1n) is 3.73. The molecule has 0 aliphatic rings. The molecule has 0 aromatic heterocycles. The zero-order valence-corrected chi connectivity index (χ0v) is 8.90. The number of carbonyl (C=O) groups is 1. The van der Waals surface area contributed by atoms with E-state index < -0.39 is 17.6 Å². The predicted molar refractivity (Wildman–Crippen MR) is 50.3 cm³/mol. The number of hydrogen-bond acceptors (Lipinski definition) is 2. The summed E-state index contributed by atoms with van der Waals surface area (Å²) >= 11 is 2.98. The van der Waals surface area contributed by atoms with Crippen LogP contribution in [0.2, 0.25) is 0 Å². The summed E-state index contributed by atoms with van der Waals surface area (Å²) in [6.45, 7) is 0. The average Bonchev–Trinajstić information content (AvgIpc) is 2.20. The van der Waals surface area contributed by atoms with Crippen molar-refractivity contribution in [3.63, 3.8) is 0 Å². The highest BCUT2D eigenvalue weighted by atomic mass is 79.9. The molecule has 1 aromatic carbocycles. The molecule has 0 N–H and O–H groups in total. The van der Waals surface area contributed by atoms with Crippen molar-refractivity contribution in [2.24, 2.45) is 0 Å². The Kier molecular flexibility index (Phi) is 3.57. The highest BCUT2D eigenvalue weighted by Gasteiger charge is 2.17. The van der Waals surface area contributed by atoms with Crippen LogP contribution in [0.5, 0.6) is 0 Å². The summed E-state index contributed by atoms with van der Waals surface area (Å²) in [6.07, 6.45) is 0. The second-order valence-corrected chi connectivity index (χ2v) is 3.07. The fraction of sp³-hybridized carbons (Fsp3) is 0.222. The van der Waals surface area contributed by atoms with Gasteiger partial charge in [0.05, 0.1) is 12.7 Å². The number of carbonyl (C=O) groups excluding carboxylic acids is 1. The maximum absolute atomic E-state index is 13.1. The van der Waals surface area contributed by atoms with E-state index in [9.17, 15) is 13.6 Å². The van der Waals surface area contributed by atoms with Crippen molar-refractivity contribution in [1.29, 1.82) is 0 Å². The van der Waals surface area contributed by atoms with Crippen LogP contribution in [-0.4, -0.2) is 13.1 Å². The fourth-order valence-corrected chi connectivity index (χ4v) is 1.57. The summed E-state index contributed by atoms with van der Waals surface area (Å²) in [5, 5.41) is 0.0566. The third-order valence-corrected chi connectivity index (χ3v) is 2.30. The molecule has 0 bridgehead atoms. The quantitative estimate of drug-likeness (QED) is 0.607. The van der Waals surface area contributed by atoms with Gasteiger partial charge in [-0.25, -0.2) is 13.6 Å². The number of ether oxygens (including phenoxy) is 1. The Morgan fingerprint density at radius 1 is 1.50 bits per heavy atom. The maximum atomic E-state index is 13.1. The molecule has 14 heavy (non-hydrogen) atoms. The Bertz CT molecular complexity index is 366. The molecule has 0 unspecified atom stereocenters. The van der Waals surface area contributed by atoms with Gasteiger partial charge < -0.3 is 4.74 Å². The van der Waals surface area contributed by atoms with Gasteiger partial charge in [-0.15, -0.1) is 0 Å². The normalized spacial score (nSPS) is 10.0. The van der Waals surface area contributed by atoms with E-state index in [0.717, 1.165) is 6.07 Å². The highest BCUT2D eigenvalue weighted by molar-refractivity contribution is 9.08. The second kappa shape index (κ2) is 4.50. The van der Waals surface area contributed by atoms with Crippen LogP contribution in [0.4, 0.5) is 8.78 Å². The smallest absolute Gasteiger partial charge is 0.338 e. The van der Waals surface area contributed by atoms with Gasteiger partial charge in [0.25, 0.3) is 0 Å². The van der Waals surface area contributed by atoms with E-state index in [-0.39, 0.29) is 16.5 Å². The topological polar surface area (TPSA) is 26.3 Å². The average molecular weight is 265 g/mol. The lowest BCUT2D eigenvalue weighted by Crippen LogP contribution is -2.07. The van der Waals surface area contributed by atoms with Gasteiger partial charge >= 0.3 is 5.97 Å². The van der Waals surface area contributed by atoms with Crippen LogP contribution in [0.15, 0.2) is 12.1 Å². The van der Waals surface area contributed by atoms with Crippen LogP contribution in [0.25, 0.3) is 0 Å². The minimum atomic E-state index is -1.02. The van der Waals surface area contributed by atoms with E-state index in [4.69, 9.17) is 0 Å². The Labute approximate surface area is 88.0 Å². The first kappa shape index (κ1) is 11.1. The van der Waals surface area contributed by atoms with E-state index in [1.807, 2.05) is 0 Å². The molecular weight excluding hydrogens is 258 g/mol. The number of benzene rings is 1. The lowest BCUT2D eigenvalue weighted by molar-refractivity contribution is 0.0599. The van der Waals surface area contributed by atoms with E-state index in [1.54, 1.807) is 0 Å².